The summed E-state index contributed by atoms with van der Waals surface area (Å²) in [6.07, 6.45) is 1.40. The van der Waals surface area contributed by atoms with Crippen LogP contribution < -0.4 is 0 Å². The minimum absolute atomic E-state index is 0.453. The molecule has 1 aromatic carbocycles. The first-order valence-corrected chi connectivity index (χ1v) is 9.15. The SMILES string of the molecule is CC(C)Cn1c(SCCCC#N)nnc1-c1ccc(Cl)cc1Cl. The predicted octanol–water partition coefficient (Wildman–Crippen LogP) is 5.30. The Morgan fingerprint density at radius 2 is 2.09 bits per heavy atom. The molecule has 0 aliphatic heterocycles. The molecule has 23 heavy (non-hydrogen) atoms. The van der Waals surface area contributed by atoms with Crippen molar-refractivity contribution in [3.05, 3.63) is 28.2 Å². The molecule has 0 fully saturated rings. The zero-order valence-electron chi connectivity index (χ0n) is 13.1. The van der Waals surface area contributed by atoms with E-state index < -0.39 is 0 Å². The van der Waals surface area contributed by atoms with Crippen molar-refractivity contribution in [2.24, 2.45) is 5.92 Å². The molecule has 0 unspecified atom stereocenters. The van der Waals surface area contributed by atoms with Crippen LogP contribution in [0.15, 0.2) is 23.4 Å². The standard InChI is InChI=1S/C16H18Cl2N4S/c1-11(2)10-22-15(13-6-5-12(17)9-14(13)18)20-21-16(22)23-8-4-3-7-19/h5-6,9,11H,3-4,8,10H2,1-2H3. The number of unbranched alkanes of at least 4 members (excludes halogenated alkanes) is 1. The van der Waals surface area contributed by atoms with Crippen molar-refractivity contribution in [2.45, 2.75) is 38.4 Å². The molecule has 1 aromatic heterocycles. The van der Waals surface area contributed by atoms with Crippen LogP contribution in [-0.2, 0) is 6.54 Å². The first-order chi connectivity index (χ1) is 11.0. The minimum atomic E-state index is 0.453. The van der Waals surface area contributed by atoms with Crippen molar-refractivity contribution in [3.8, 4) is 17.5 Å². The van der Waals surface area contributed by atoms with E-state index in [0.29, 0.717) is 22.4 Å². The smallest absolute Gasteiger partial charge is 0.191 e. The van der Waals surface area contributed by atoms with Gasteiger partial charge in [0.05, 0.1) is 11.1 Å². The quantitative estimate of drug-likeness (QED) is 0.491. The van der Waals surface area contributed by atoms with Crippen LogP contribution in [0.2, 0.25) is 10.0 Å². The first-order valence-electron chi connectivity index (χ1n) is 7.41. The highest BCUT2D eigenvalue weighted by Gasteiger charge is 2.17. The summed E-state index contributed by atoms with van der Waals surface area (Å²) in [7, 11) is 0. The molecular weight excluding hydrogens is 351 g/mol. The molecule has 1 heterocycles. The van der Waals surface area contributed by atoms with E-state index in [1.807, 2.05) is 6.07 Å². The van der Waals surface area contributed by atoms with Gasteiger partial charge in [-0.05, 0) is 30.5 Å². The van der Waals surface area contributed by atoms with Crippen LogP contribution in [-0.4, -0.2) is 20.5 Å². The Morgan fingerprint density at radius 3 is 2.74 bits per heavy atom. The van der Waals surface area contributed by atoms with Crippen LogP contribution in [0.4, 0.5) is 0 Å². The number of nitriles is 1. The number of hydrogen-bond donors (Lipinski definition) is 0. The number of aromatic nitrogens is 3. The lowest BCUT2D eigenvalue weighted by atomic mass is 10.2. The Bertz CT molecular complexity index is 707. The van der Waals surface area contributed by atoms with E-state index in [4.69, 9.17) is 28.5 Å². The Kier molecular flexibility index (Phi) is 6.76. The Balaban J connectivity index is 2.32. The summed E-state index contributed by atoms with van der Waals surface area (Å²) in [5.74, 6) is 2.05. The number of nitrogens with zero attached hydrogens (tertiary/aromatic N) is 4. The van der Waals surface area contributed by atoms with Crippen molar-refractivity contribution in [2.75, 3.05) is 5.75 Å². The van der Waals surface area contributed by atoms with E-state index in [9.17, 15) is 0 Å². The third kappa shape index (κ3) is 4.87. The van der Waals surface area contributed by atoms with E-state index in [-0.39, 0.29) is 0 Å². The fourth-order valence-electron chi connectivity index (χ4n) is 2.11. The lowest BCUT2D eigenvalue weighted by Gasteiger charge is -2.13. The molecule has 0 aliphatic rings. The molecular formula is C16H18Cl2N4S. The lowest BCUT2D eigenvalue weighted by molar-refractivity contribution is 0.498. The molecule has 0 spiro atoms. The monoisotopic (exact) mass is 368 g/mol. The molecule has 0 amide bonds. The molecule has 7 heteroatoms. The molecule has 4 nitrogen and oxygen atoms in total. The summed E-state index contributed by atoms with van der Waals surface area (Å²) in [5, 5.41) is 19.3. The predicted molar refractivity (Wildman–Crippen MR) is 95.9 cm³/mol. The Morgan fingerprint density at radius 1 is 1.30 bits per heavy atom. The van der Waals surface area contributed by atoms with Crippen molar-refractivity contribution in [3.63, 3.8) is 0 Å². The molecule has 2 aromatic rings. The average Bonchev–Trinajstić information content (AvgIpc) is 2.86. The van der Waals surface area contributed by atoms with Crippen LogP contribution in [0.1, 0.15) is 26.7 Å². The second kappa shape index (κ2) is 8.58. The van der Waals surface area contributed by atoms with Crippen molar-refractivity contribution < 1.29 is 0 Å². The summed E-state index contributed by atoms with van der Waals surface area (Å²) in [5.41, 5.74) is 0.827. The van der Waals surface area contributed by atoms with Crippen LogP contribution in [0, 0.1) is 17.2 Å². The molecule has 122 valence electrons. The van der Waals surface area contributed by atoms with Crippen LogP contribution in [0.25, 0.3) is 11.4 Å². The van der Waals surface area contributed by atoms with Crippen LogP contribution in [0.5, 0.6) is 0 Å². The van der Waals surface area contributed by atoms with E-state index >= 15 is 0 Å². The maximum Gasteiger partial charge on any atom is 0.191 e. The molecule has 0 bridgehead atoms. The van der Waals surface area contributed by atoms with E-state index in [2.05, 4.69) is 34.7 Å². The minimum Gasteiger partial charge on any atom is -0.302 e. The molecule has 2 rings (SSSR count). The van der Waals surface area contributed by atoms with Gasteiger partial charge in [0, 0.05) is 29.3 Å². The van der Waals surface area contributed by atoms with Gasteiger partial charge in [-0.3, -0.25) is 0 Å². The van der Waals surface area contributed by atoms with Crippen molar-refractivity contribution >= 4 is 35.0 Å². The van der Waals surface area contributed by atoms with Crippen LogP contribution >= 0.6 is 35.0 Å². The second-order valence-corrected chi connectivity index (χ2v) is 7.45. The van der Waals surface area contributed by atoms with Gasteiger partial charge in [-0.2, -0.15) is 5.26 Å². The van der Waals surface area contributed by atoms with Gasteiger partial charge in [-0.15, -0.1) is 10.2 Å². The lowest BCUT2D eigenvalue weighted by Crippen LogP contribution is -2.08. The molecule has 0 aliphatic carbocycles. The zero-order chi connectivity index (χ0) is 16.8. The molecule has 0 saturated carbocycles. The first kappa shape index (κ1) is 18.1. The van der Waals surface area contributed by atoms with Gasteiger partial charge in [0.2, 0.25) is 0 Å². The normalized spacial score (nSPS) is 11.0. The molecule has 0 saturated heterocycles. The van der Waals surface area contributed by atoms with Gasteiger partial charge in [-0.25, -0.2) is 0 Å². The third-order valence-corrected chi connectivity index (χ3v) is 4.70. The topological polar surface area (TPSA) is 54.5 Å². The molecule has 0 N–H and O–H groups in total. The van der Waals surface area contributed by atoms with E-state index in [1.54, 1.807) is 23.9 Å². The third-order valence-electron chi connectivity index (χ3n) is 3.10. The summed E-state index contributed by atoms with van der Waals surface area (Å²) >= 11 is 13.9. The Hall–Kier alpha value is -1.22. The molecule has 0 atom stereocenters. The number of halogens is 2. The second-order valence-electron chi connectivity index (χ2n) is 5.54. The number of hydrogen-bond acceptors (Lipinski definition) is 4. The van der Waals surface area contributed by atoms with Gasteiger partial charge < -0.3 is 4.57 Å². The van der Waals surface area contributed by atoms with Gasteiger partial charge in [0.25, 0.3) is 0 Å². The van der Waals surface area contributed by atoms with Gasteiger partial charge >= 0.3 is 0 Å². The van der Waals surface area contributed by atoms with E-state index in [0.717, 1.165) is 35.3 Å². The number of rotatable bonds is 7. The van der Waals surface area contributed by atoms with Gasteiger partial charge in [-0.1, -0.05) is 48.8 Å². The molecule has 0 radical (unpaired) electrons. The summed E-state index contributed by atoms with van der Waals surface area (Å²) in [6, 6.07) is 7.55. The van der Waals surface area contributed by atoms with E-state index in [1.165, 1.54) is 0 Å². The number of benzene rings is 1. The van der Waals surface area contributed by atoms with Crippen molar-refractivity contribution in [1.29, 1.82) is 5.26 Å². The largest absolute Gasteiger partial charge is 0.302 e. The number of thioether (sulfide) groups is 1. The maximum absolute atomic E-state index is 8.62. The fourth-order valence-corrected chi connectivity index (χ4v) is 3.49. The zero-order valence-corrected chi connectivity index (χ0v) is 15.4. The maximum atomic E-state index is 8.62. The van der Waals surface area contributed by atoms with Gasteiger partial charge in [0.1, 0.15) is 0 Å². The summed E-state index contributed by atoms with van der Waals surface area (Å²) < 4.78 is 2.09. The highest BCUT2D eigenvalue weighted by atomic mass is 35.5. The van der Waals surface area contributed by atoms with Crippen LogP contribution in [0.3, 0.4) is 0 Å². The average molecular weight is 369 g/mol. The van der Waals surface area contributed by atoms with Crippen molar-refractivity contribution in [1.82, 2.24) is 14.8 Å². The summed E-state index contributed by atoms with van der Waals surface area (Å²) in [6.45, 7) is 5.11. The Labute approximate surface area is 150 Å². The fraction of sp³-hybridized carbons (Fsp3) is 0.438. The highest BCUT2D eigenvalue weighted by Crippen LogP contribution is 2.32. The van der Waals surface area contributed by atoms with Gasteiger partial charge in [0.15, 0.2) is 11.0 Å². The highest BCUT2D eigenvalue weighted by molar-refractivity contribution is 7.99. The summed E-state index contributed by atoms with van der Waals surface area (Å²) in [4.78, 5) is 0.